The van der Waals surface area contributed by atoms with E-state index in [0.29, 0.717) is 11.5 Å². The van der Waals surface area contributed by atoms with Crippen molar-refractivity contribution in [2.45, 2.75) is 0 Å². The van der Waals surface area contributed by atoms with Gasteiger partial charge in [-0.2, -0.15) is 0 Å². The molecule has 3 aromatic rings. The van der Waals surface area contributed by atoms with Gasteiger partial charge >= 0.3 is 0 Å². The van der Waals surface area contributed by atoms with Crippen LogP contribution in [0.4, 0.5) is 21.6 Å². The zero-order valence-corrected chi connectivity index (χ0v) is 13.0. The van der Waals surface area contributed by atoms with Crippen LogP contribution in [-0.2, 0) is 0 Å². The van der Waals surface area contributed by atoms with Gasteiger partial charge in [-0.1, -0.05) is 24.3 Å². The molecule has 6 heteroatoms. The molecule has 0 fully saturated rings. The number of carbonyl (C=O) groups excluding carboxylic acids is 1. The maximum absolute atomic E-state index is 13.2. The quantitative estimate of drug-likeness (QED) is 0.797. The highest BCUT2D eigenvalue weighted by atomic mass is 19.1. The van der Waals surface area contributed by atoms with Crippen molar-refractivity contribution in [3.8, 4) is 0 Å². The van der Waals surface area contributed by atoms with E-state index in [9.17, 15) is 9.18 Å². The summed E-state index contributed by atoms with van der Waals surface area (Å²) >= 11 is 0. The minimum Gasteiger partial charge on any atom is -0.339 e. The number of carbonyl (C=O) groups is 1. The summed E-state index contributed by atoms with van der Waals surface area (Å²) in [6.45, 7) is 0. The predicted octanol–water partition coefficient (Wildman–Crippen LogP) is 3.64. The Balaban J connectivity index is 1.73. The van der Waals surface area contributed by atoms with Gasteiger partial charge in [-0.15, -0.1) is 10.2 Å². The third-order valence-electron chi connectivity index (χ3n) is 3.43. The maximum atomic E-state index is 13.2. The molecule has 1 amide bonds. The highest BCUT2D eigenvalue weighted by Gasteiger charge is 2.15. The molecule has 1 heterocycles. The SMILES string of the molecule is CN(C(=O)c1ccc(Nc2cccc(F)c2)nn1)c1ccccc1. The van der Waals surface area contributed by atoms with E-state index in [4.69, 9.17) is 0 Å². The number of aromatic nitrogens is 2. The monoisotopic (exact) mass is 322 g/mol. The lowest BCUT2D eigenvalue weighted by molar-refractivity contribution is 0.0987. The Morgan fingerprint density at radius 3 is 2.46 bits per heavy atom. The van der Waals surface area contributed by atoms with Crippen LogP contribution < -0.4 is 10.2 Å². The Hall–Kier alpha value is -3.28. The molecule has 1 aromatic heterocycles. The molecule has 3 rings (SSSR count). The average molecular weight is 322 g/mol. The fourth-order valence-electron chi connectivity index (χ4n) is 2.17. The summed E-state index contributed by atoms with van der Waals surface area (Å²) in [4.78, 5) is 13.9. The Kier molecular flexibility index (Phi) is 4.47. The van der Waals surface area contributed by atoms with E-state index >= 15 is 0 Å². The van der Waals surface area contributed by atoms with Crippen LogP contribution in [0.3, 0.4) is 0 Å². The highest BCUT2D eigenvalue weighted by Crippen LogP contribution is 2.17. The first kappa shape index (κ1) is 15.6. The van der Waals surface area contributed by atoms with Gasteiger partial charge in [-0.05, 0) is 42.5 Å². The van der Waals surface area contributed by atoms with Crippen LogP contribution in [0.15, 0.2) is 66.7 Å². The fraction of sp³-hybridized carbons (Fsp3) is 0.0556. The first-order valence-electron chi connectivity index (χ1n) is 7.33. The lowest BCUT2D eigenvalue weighted by atomic mass is 10.2. The van der Waals surface area contributed by atoms with Gasteiger partial charge in [0.05, 0.1) is 0 Å². The van der Waals surface area contributed by atoms with E-state index in [0.717, 1.165) is 5.69 Å². The van der Waals surface area contributed by atoms with Gasteiger partial charge in [0.2, 0.25) is 0 Å². The number of para-hydroxylation sites is 1. The molecule has 120 valence electrons. The molecule has 0 spiro atoms. The molecule has 0 aliphatic carbocycles. The normalized spacial score (nSPS) is 10.2. The number of halogens is 1. The molecule has 0 radical (unpaired) electrons. The van der Waals surface area contributed by atoms with Gasteiger partial charge in [0.1, 0.15) is 5.82 Å². The van der Waals surface area contributed by atoms with Gasteiger partial charge in [0, 0.05) is 18.4 Å². The topological polar surface area (TPSA) is 58.1 Å². The van der Waals surface area contributed by atoms with Crippen LogP contribution in [0.2, 0.25) is 0 Å². The molecular weight excluding hydrogens is 307 g/mol. The number of nitrogens with one attached hydrogen (secondary N) is 1. The second kappa shape index (κ2) is 6.87. The van der Waals surface area contributed by atoms with Gasteiger partial charge in [-0.25, -0.2) is 4.39 Å². The number of nitrogens with zero attached hydrogens (tertiary/aromatic N) is 3. The summed E-state index contributed by atoms with van der Waals surface area (Å²) in [6.07, 6.45) is 0. The molecular formula is C18H15FN4O. The van der Waals surface area contributed by atoms with E-state index in [-0.39, 0.29) is 17.4 Å². The Morgan fingerprint density at radius 1 is 1.00 bits per heavy atom. The summed E-state index contributed by atoms with van der Waals surface area (Å²) in [6, 6.07) is 18.5. The Labute approximate surface area is 138 Å². The molecule has 24 heavy (non-hydrogen) atoms. The molecule has 1 N–H and O–H groups in total. The van der Waals surface area contributed by atoms with Crippen molar-refractivity contribution in [2.24, 2.45) is 0 Å². The van der Waals surface area contributed by atoms with Crippen LogP contribution in [0, 0.1) is 5.82 Å². The molecule has 0 saturated carbocycles. The molecule has 0 saturated heterocycles. The van der Waals surface area contributed by atoms with E-state index in [2.05, 4.69) is 15.5 Å². The summed E-state index contributed by atoms with van der Waals surface area (Å²) in [5.41, 5.74) is 1.56. The Morgan fingerprint density at radius 2 is 1.79 bits per heavy atom. The maximum Gasteiger partial charge on any atom is 0.278 e. The molecule has 0 unspecified atom stereocenters. The van der Waals surface area contributed by atoms with Crippen molar-refractivity contribution in [1.82, 2.24) is 10.2 Å². The Bertz CT molecular complexity index is 837. The minimum absolute atomic E-state index is 0.228. The van der Waals surface area contributed by atoms with Gasteiger partial charge in [0.15, 0.2) is 11.5 Å². The van der Waals surface area contributed by atoms with Crippen molar-refractivity contribution < 1.29 is 9.18 Å². The van der Waals surface area contributed by atoms with E-state index in [1.807, 2.05) is 30.3 Å². The predicted molar refractivity (Wildman–Crippen MR) is 90.9 cm³/mol. The number of benzene rings is 2. The number of rotatable bonds is 4. The van der Waals surface area contributed by atoms with Crippen molar-refractivity contribution in [3.05, 3.63) is 78.2 Å². The number of anilines is 3. The molecule has 5 nitrogen and oxygen atoms in total. The van der Waals surface area contributed by atoms with Crippen LogP contribution in [-0.4, -0.2) is 23.2 Å². The van der Waals surface area contributed by atoms with Gasteiger partial charge in [0.25, 0.3) is 5.91 Å². The van der Waals surface area contributed by atoms with Gasteiger partial charge < -0.3 is 10.2 Å². The zero-order chi connectivity index (χ0) is 16.9. The van der Waals surface area contributed by atoms with Crippen molar-refractivity contribution in [1.29, 1.82) is 0 Å². The second-order valence-corrected chi connectivity index (χ2v) is 5.14. The molecule has 0 aliphatic rings. The first-order chi connectivity index (χ1) is 11.6. The van der Waals surface area contributed by atoms with Crippen molar-refractivity contribution in [2.75, 3.05) is 17.3 Å². The summed E-state index contributed by atoms with van der Waals surface area (Å²) < 4.78 is 13.2. The summed E-state index contributed by atoms with van der Waals surface area (Å²) in [5, 5.41) is 10.8. The fourth-order valence-corrected chi connectivity index (χ4v) is 2.17. The summed E-state index contributed by atoms with van der Waals surface area (Å²) in [7, 11) is 1.68. The second-order valence-electron chi connectivity index (χ2n) is 5.14. The summed E-state index contributed by atoms with van der Waals surface area (Å²) in [5.74, 6) is -0.172. The van der Waals surface area contributed by atoms with Crippen molar-refractivity contribution in [3.63, 3.8) is 0 Å². The first-order valence-corrected chi connectivity index (χ1v) is 7.33. The van der Waals surface area contributed by atoms with E-state index < -0.39 is 0 Å². The third-order valence-corrected chi connectivity index (χ3v) is 3.43. The molecule has 0 bridgehead atoms. The largest absolute Gasteiger partial charge is 0.339 e. The average Bonchev–Trinajstić information content (AvgIpc) is 2.62. The smallest absolute Gasteiger partial charge is 0.278 e. The van der Waals surface area contributed by atoms with E-state index in [1.165, 1.54) is 17.0 Å². The number of amides is 1. The van der Waals surface area contributed by atoms with E-state index in [1.54, 1.807) is 31.3 Å². The standard InChI is InChI=1S/C18H15FN4O/c1-23(15-8-3-2-4-9-15)18(24)16-10-11-17(22-21-16)20-14-7-5-6-13(19)12-14/h2-12H,1H3,(H,20,22). The van der Waals surface area contributed by atoms with Crippen LogP contribution >= 0.6 is 0 Å². The third kappa shape index (κ3) is 3.55. The lowest BCUT2D eigenvalue weighted by Crippen LogP contribution is -2.27. The number of hydrogen-bond donors (Lipinski definition) is 1. The van der Waals surface area contributed by atoms with Crippen LogP contribution in [0.25, 0.3) is 0 Å². The zero-order valence-electron chi connectivity index (χ0n) is 13.0. The minimum atomic E-state index is -0.343. The molecule has 0 aliphatic heterocycles. The number of hydrogen-bond acceptors (Lipinski definition) is 4. The highest BCUT2D eigenvalue weighted by molar-refractivity contribution is 6.04. The van der Waals surface area contributed by atoms with Crippen molar-refractivity contribution >= 4 is 23.1 Å². The molecule has 0 atom stereocenters. The van der Waals surface area contributed by atoms with Crippen LogP contribution in [0.5, 0.6) is 0 Å². The lowest BCUT2D eigenvalue weighted by Gasteiger charge is -2.16. The van der Waals surface area contributed by atoms with Crippen LogP contribution in [0.1, 0.15) is 10.5 Å². The van der Waals surface area contributed by atoms with Gasteiger partial charge in [-0.3, -0.25) is 4.79 Å². The molecule has 2 aromatic carbocycles.